The predicted molar refractivity (Wildman–Crippen MR) is 103 cm³/mol. The van der Waals surface area contributed by atoms with Crippen LogP contribution in [0.15, 0.2) is 48.0 Å². The molecule has 0 saturated carbocycles. The van der Waals surface area contributed by atoms with Crippen molar-refractivity contribution < 1.29 is 17.9 Å². The Labute approximate surface area is 162 Å². The van der Waals surface area contributed by atoms with Gasteiger partial charge in [0, 0.05) is 11.8 Å². The largest absolute Gasteiger partial charge is 0.394 e. The molecule has 3 aromatic rings. The second kappa shape index (κ2) is 8.15. The summed E-state index contributed by atoms with van der Waals surface area (Å²) in [4.78, 5) is 12.6. The van der Waals surface area contributed by atoms with Crippen LogP contribution in [-0.2, 0) is 9.84 Å². The topological polar surface area (TPSA) is 98.0 Å². The maximum absolute atomic E-state index is 13.3. The molecule has 1 atom stereocenters. The van der Waals surface area contributed by atoms with Crippen molar-refractivity contribution in [3.05, 3.63) is 48.7 Å². The molecule has 1 aromatic carbocycles. The fourth-order valence-electron chi connectivity index (χ4n) is 2.84. The fraction of sp³-hybridized carbons (Fsp3) is 0.316. The van der Waals surface area contributed by atoms with Gasteiger partial charge in [-0.3, -0.25) is 0 Å². The number of benzene rings is 1. The molecule has 9 heteroatoms. The summed E-state index contributed by atoms with van der Waals surface area (Å²) in [6.45, 7) is 3.43. The van der Waals surface area contributed by atoms with Crippen LogP contribution in [0.3, 0.4) is 0 Å². The normalized spacial score (nSPS) is 12.9. The molecular weight excluding hydrogens is 383 g/mol. The maximum Gasteiger partial charge on any atom is 0.247 e. The van der Waals surface area contributed by atoms with Crippen LogP contribution in [0.1, 0.15) is 26.3 Å². The van der Waals surface area contributed by atoms with Crippen LogP contribution in [0.2, 0.25) is 0 Å². The molecular formula is C19H21FN4O3S. The van der Waals surface area contributed by atoms with Gasteiger partial charge in [-0.15, -0.1) is 0 Å². The van der Waals surface area contributed by atoms with E-state index in [0.29, 0.717) is 29.1 Å². The fourth-order valence-corrected chi connectivity index (χ4v) is 4.02. The predicted octanol–water partition coefficient (Wildman–Crippen LogP) is 2.88. The molecule has 1 unspecified atom stereocenters. The van der Waals surface area contributed by atoms with Crippen LogP contribution < -0.4 is 0 Å². The first-order valence-corrected chi connectivity index (χ1v) is 10.5. The number of aromatic nitrogens is 4. The summed E-state index contributed by atoms with van der Waals surface area (Å²) in [5.74, 6) is -0.420. The molecule has 0 amide bonds. The third kappa shape index (κ3) is 3.95. The Morgan fingerprint density at radius 3 is 2.54 bits per heavy atom. The van der Waals surface area contributed by atoms with E-state index in [1.165, 1.54) is 18.3 Å². The highest BCUT2D eigenvalue weighted by Crippen LogP contribution is 2.32. The first-order chi connectivity index (χ1) is 13.4. The van der Waals surface area contributed by atoms with E-state index >= 15 is 0 Å². The smallest absolute Gasteiger partial charge is 0.247 e. The lowest BCUT2D eigenvalue weighted by atomic mass is 10.1. The minimum atomic E-state index is -3.60. The standard InChI is InChI=1S/C19H21FN4O3S/c1-3-10-28(26,27)19-21-9-8-16(23-19)18-17(14-4-6-15(20)7-5-14)22-12-24(18)13(2)11-25/h4-9,12-13,25H,3,10-11H2,1-2H3. The second-order valence-corrected chi connectivity index (χ2v) is 8.43. The molecule has 28 heavy (non-hydrogen) atoms. The van der Waals surface area contributed by atoms with Crippen LogP contribution in [0.4, 0.5) is 4.39 Å². The van der Waals surface area contributed by atoms with Crippen LogP contribution in [0.25, 0.3) is 22.6 Å². The van der Waals surface area contributed by atoms with Crippen LogP contribution in [0.5, 0.6) is 0 Å². The summed E-state index contributed by atoms with van der Waals surface area (Å²) in [5.41, 5.74) is 2.06. The average molecular weight is 404 g/mol. The van der Waals surface area contributed by atoms with Gasteiger partial charge in [-0.2, -0.15) is 0 Å². The van der Waals surface area contributed by atoms with E-state index in [1.54, 1.807) is 42.9 Å². The van der Waals surface area contributed by atoms with E-state index < -0.39 is 9.84 Å². The van der Waals surface area contributed by atoms with Crippen molar-refractivity contribution in [2.75, 3.05) is 12.4 Å². The molecule has 0 aliphatic heterocycles. The number of hydrogen-bond donors (Lipinski definition) is 1. The van der Waals surface area contributed by atoms with Crippen molar-refractivity contribution in [1.29, 1.82) is 0 Å². The molecule has 0 spiro atoms. The molecule has 2 heterocycles. The first-order valence-electron chi connectivity index (χ1n) is 8.87. The highest BCUT2D eigenvalue weighted by atomic mass is 32.2. The number of imidazole rings is 1. The third-order valence-electron chi connectivity index (χ3n) is 4.28. The number of aliphatic hydroxyl groups is 1. The van der Waals surface area contributed by atoms with Gasteiger partial charge < -0.3 is 9.67 Å². The molecule has 0 saturated heterocycles. The monoisotopic (exact) mass is 404 g/mol. The van der Waals surface area contributed by atoms with Gasteiger partial charge in [0.05, 0.1) is 41.8 Å². The highest BCUT2D eigenvalue weighted by molar-refractivity contribution is 7.91. The van der Waals surface area contributed by atoms with Crippen LogP contribution >= 0.6 is 0 Å². The second-order valence-electron chi connectivity index (χ2n) is 6.43. The van der Waals surface area contributed by atoms with Crippen molar-refractivity contribution >= 4 is 9.84 Å². The van der Waals surface area contributed by atoms with E-state index in [-0.39, 0.29) is 29.4 Å². The Balaban J connectivity index is 2.20. The Morgan fingerprint density at radius 2 is 1.89 bits per heavy atom. The van der Waals surface area contributed by atoms with E-state index in [4.69, 9.17) is 0 Å². The summed E-state index contributed by atoms with van der Waals surface area (Å²) in [7, 11) is -3.60. The lowest BCUT2D eigenvalue weighted by Gasteiger charge is -2.15. The third-order valence-corrected chi connectivity index (χ3v) is 5.98. The number of sulfone groups is 1. The number of aliphatic hydroxyl groups excluding tert-OH is 1. The summed E-state index contributed by atoms with van der Waals surface area (Å²) in [6, 6.07) is 7.10. The molecule has 0 aliphatic rings. The van der Waals surface area contributed by atoms with Crippen molar-refractivity contribution in [2.45, 2.75) is 31.5 Å². The van der Waals surface area contributed by atoms with E-state index in [1.807, 2.05) is 0 Å². The minimum Gasteiger partial charge on any atom is -0.394 e. The summed E-state index contributed by atoms with van der Waals surface area (Å²) in [5, 5.41) is 9.35. The van der Waals surface area contributed by atoms with Crippen molar-refractivity contribution in [2.24, 2.45) is 0 Å². The van der Waals surface area contributed by atoms with E-state index in [2.05, 4.69) is 15.0 Å². The van der Waals surface area contributed by atoms with Gasteiger partial charge in [-0.1, -0.05) is 6.92 Å². The quantitative estimate of drug-likeness (QED) is 0.608. The Kier molecular flexibility index (Phi) is 5.85. The molecule has 3 rings (SSSR count). The van der Waals surface area contributed by atoms with Gasteiger partial charge in [-0.25, -0.2) is 27.8 Å². The van der Waals surface area contributed by atoms with Crippen LogP contribution in [-0.4, -0.2) is 45.4 Å². The van der Waals surface area contributed by atoms with Gasteiger partial charge in [0.15, 0.2) is 0 Å². The summed E-state index contributed by atoms with van der Waals surface area (Å²) in [6.07, 6.45) is 3.40. The molecule has 2 aromatic heterocycles. The zero-order chi connectivity index (χ0) is 20.3. The summed E-state index contributed by atoms with van der Waals surface area (Å²) >= 11 is 0. The van der Waals surface area contributed by atoms with Crippen molar-refractivity contribution in [1.82, 2.24) is 19.5 Å². The Morgan fingerprint density at radius 1 is 1.18 bits per heavy atom. The summed E-state index contributed by atoms with van der Waals surface area (Å²) < 4.78 is 39.8. The molecule has 0 fully saturated rings. The maximum atomic E-state index is 13.3. The van der Waals surface area contributed by atoms with E-state index in [9.17, 15) is 17.9 Å². The molecule has 148 valence electrons. The SMILES string of the molecule is CCCS(=O)(=O)c1nccc(-c2c(-c3ccc(F)cc3)ncn2C(C)CO)n1. The van der Waals surface area contributed by atoms with Gasteiger partial charge in [0.1, 0.15) is 5.82 Å². The molecule has 0 bridgehead atoms. The van der Waals surface area contributed by atoms with Gasteiger partial charge in [0.2, 0.25) is 15.0 Å². The van der Waals surface area contributed by atoms with Crippen LogP contribution in [0, 0.1) is 5.82 Å². The van der Waals surface area contributed by atoms with Gasteiger partial charge >= 0.3 is 0 Å². The Hall–Kier alpha value is -2.65. The van der Waals surface area contributed by atoms with Crippen molar-refractivity contribution in [3.8, 4) is 22.6 Å². The van der Waals surface area contributed by atoms with Crippen molar-refractivity contribution in [3.63, 3.8) is 0 Å². The molecule has 7 nitrogen and oxygen atoms in total. The lowest BCUT2D eigenvalue weighted by Crippen LogP contribution is -2.13. The van der Waals surface area contributed by atoms with E-state index in [0.717, 1.165) is 0 Å². The Bertz CT molecular complexity index is 1070. The zero-order valence-corrected chi connectivity index (χ0v) is 16.4. The lowest BCUT2D eigenvalue weighted by molar-refractivity contribution is 0.239. The molecule has 0 aliphatic carbocycles. The number of halogens is 1. The number of nitrogens with zero attached hydrogens (tertiary/aromatic N) is 4. The zero-order valence-electron chi connectivity index (χ0n) is 15.6. The highest BCUT2D eigenvalue weighted by Gasteiger charge is 2.22. The number of hydrogen-bond acceptors (Lipinski definition) is 6. The average Bonchev–Trinajstić information content (AvgIpc) is 3.13. The van der Waals surface area contributed by atoms with Gasteiger partial charge in [-0.05, 0) is 43.7 Å². The molecule has 0 radical (unpaired) electrons. The minimum absolute atomic E-state index is 0.0480. The first kappa shape index (κ1) is 20.1. The number of rotatable bonds is 7. The van der Waals surface area contributed by atoms with Gasteiger partial charge in [0.25, 0.3) is 0 Å². The molecule has 1 N–H and O–H groups in total.